The van der Waals surface area contributed by atoms with Crippen LogP contribution in [0.2, 0.25) is 0 Å². The van der Waals surface area contributed by atoms with Gasteiger partial charge in [-0.2, -0.15) is 13.2 Å². The number of benzene rings is 1. The Bertz CT molecular complexity index is 903. The minimum atomic E-state index is -4.79. The SMILES string of the molecule is CN(C)CCn1cc(-c2ccc(F)c(C(F)(F)F)c2)nc1C1CCN(C(=O)O)CC1. The number of amides is 1. The predicted molar refractivity (Wildman–Crippen MR) is 103 cm³/mol. The number of aromatic nitrogens is 2. The lowest BCUT2D eigenvalue weighted by atomic mass is 9.96. The molecular weight excluding hydrogens is 404 g/mol. The predicted octanol–water partition coefficient (Wildman–Crippen LogP) is 4.13. The summed E-state index contributed by atoms with van der Waals surface area (Å²) in [5.74, 6) is -0.603. The van der Waals surface area contributed by atoms with Crippen LogP contribution in [0.25, 0.3) is 11.3 Å². The lowest BCUT2D eigenvalue weighted by Crippen LogP contribution is -2.37. The molecule has 0 radical (unpaired) electrons. The molecule has 2 aromatic rings. The highest BCUT2D eigenvalue weighted by Crippen LogP contribution is 2.35. The quantitative estimate of drug-likeness (QED) is 0.728. The van der Waals surface area contributed by atoms with Gasteiger partial charge in [-0.1, -0.05) is 0 Å². The first-order valence-electron chi connectivity index (χ1n) is 9.63. The van der Waals surface area contributed by atoms with Crippen LogP contribution in [0.3, 0.4) is 0 Å². The summed E-state index contributed by atoms with van der Waals surface area (Å²) in [7, 11) is 3.83. The Morgan fingerprint density at radius 3 is 2.50 bits per heavy atom. The van der Waals surface area contributed by atoms with Crippen LogP contribution in [0.5, 0.6) is 0 Å². The molecule has 0 bridgehead atoms. The minimum Gasteiger partial charge on any atom is -0.465 e. The van der Waals surface area contributed by atoms with Crippen molar-refractivity contribution in [1.29, 1.82) is 0 Å². The molecule has 0 aliphatic carbocycles. The zero-order chi connectivity index (χ0) is 22.1. The van der Waals surface area contributed by atoms with Gasteiger partial charge in [0.25, 0.3) is 0 Å². The molecule has 30 heavy (non-hydrogen) atoms. The second kappa shape index (κ2) is 8.63. The normalized spacial score (nSPS) is 15.8. The zero-order valence-electron chi connectivity index (χ0n) is 16.8. The summed E-state index contributed by atoms with van der Waals surface area (Å²) in [5, 5.41) is 9.14. The molecule has 1 fully saturated rings. The van der Waals surface area contributed by atoms with E-state index in [1.54, 1.807) is 6.20 Å². The highest BCUT2D eigenvalue weighted by Gasteiger charge is 2.34. The van der Waals surface area contributed by atoms with Crippen LogP contribution in [0, 0.1) is 5.82 Å². The Balaban J connectivity index is 1.93. The Morgan fingerprint density at radius 1 is 1.27 bits per heavy atom. The molecule has 10 heteroatoms. The number of hydrogen-bond donors (Lipinski definition) is 1. The molecule has 0 unspecified atom stereocenters. The van der Waals surface area contributed by atoms with Crippen LogP contribution in [-0.4, -0.2) is 64.3 Å². The molecule has 0 saturated carbocycles. The molecule has 3 rings (SSSR count). The molecule has 0 spiro atoms. The third-order valence-electron chi connectivity index (χ3n) is 5.29. The number of imidazole rings is 1. The van der Waals surface area contributed by atoms with Gasteiger partial charge >= 0.3 is 12.3 Å². The maximum Gasteiger partial charge on any atom is 0.419 e. The largest absolute Gasteiger partial charge is 0.465 e. The number of nitrogens with zero attached hydrogens (tertiary/aromatic N) is 4. The first kappa shape index (κ1) is 22.1. The number of halogens is 4. The summed E-state index contributed by atoms with van der Waals surface area (Å²) < 4.78 is 54.9. The van der Waals surface area contributed by atoms with Gasteiger partial charge in [-0.25, -0.2) is 14.2 Å². The van der Waals surface area contributed by atoms with Crippen LogP contribution in [0.4, 0.5) is 22.4 Å². The van der Waals surface area contributed by atoms with Crippen LogP contribution >= 0.6 is 0 Å². The van der Waals surface area contributed by atoms with Gasteiger partial charge in [0.1, 0.15) is 11.6 Å². The van der Waals surface area contributed by atoms with Gasteiger partial charge in [-0.15, -0.1) is 0 Å². The third-order valence-corrected chi connectivity index (χ3v) is 5.29. The maximum atomic E-state index is 13.7. The molecular formula is C20H24F4N4O2. The molecule has 1 amide bonds. The van der Waals surface area contributed by atoms with E-state index in [4.69, 9.17) is 5.11 Å². The van der Waals surface area contributed by atoms with E-state index in [0.29, 0.717) is 44.7 Å². The first-order chi connectivity index (χ1) is 14.1. The van der Waals surface area contributed by atoms with Gasteiger partial charge in [0.2, 0.25) is 0 Å². The molecule has 1 aliphatic heterocycles. The summed E-state index contributed by atoms with van der Waals surface area (Å²) >= 11 is 0. The van der Waals surface area contributed by atoms with E-state index in [9.17, 15) is 22.4 Å². The van der Waals surface area contributed by atoms with E-state index in [2.05, 4.69) is 4.98 Å². The number of alkyl halides is 3. The fourth-order valence-corrected chi connectivity index (χ4v) is 3.61. The van der Waals surface area contributed by atoms with E-state index < -0.39 is 23.7 Å². The first-order valence-corrected chi connectivity index (χ1v) is 9.63. The zero-order valence-corrected chi connectivity index (χ0v) is 16.8. The highest BCUT2D eigenvalue weighted by atomic mass is 19.4. The molecule has 1 saturated heterocycles. The molecule has 1 N–H and O–H groups in total. The van der Waals surface area contributed by atoms with Gasteiger partial charge in [0.05, 0.1) is 11.3 Å². The fourth-order valence-electron chi connectivity index (χ4n) is 3.61. The Hall–Kier alpha value is -2.62. The van der Waals surface area contributed by atoms with Gasteiger partial charge in [0, 0.05) is 43.9 Å². The van der Waals surface area contributed by atoms with Crippen molar-refractivity contribution in [2.75, 3.05) is 33.7 Å². The van der Waals surface area contributed by atoms with Gasteiger partial charge in [-0.3, -0.25) is 0 Å². The average Bonchev–Trinajstić information content (AvgIpc) is 3.10. The number of carbonyl (C=O) groups is 1. The Kier molecular flexibility index (Phi) is 6.35. The van der Waals surface area contributed by atoms with Crippen molar-refractivity contribution in [2.24, 2.45) is 0 Å². The number of rotatable bonds is 5. The number of hydrogen-bond acceptors (Lipinski definition) is 3. The monoisotopic (exact) mass is 428 g/mol. The lowest BCUT2D eigenvalue weighted by molar-refractivity contribution is -0.139. The van der Waals surface area contributed by atoms with E-state index in [0.717, 1.165) is 18.0 Å². The summed E-state index contributed by atoms with van der Waals surface area (Å²) in [5.41, 5.74) is -0.786. The Morgan fingerprint density at radius 2 is 1.93 bits per heavy atom. The van der Waals surface area contributed by atoms with Crippen LogP contribution < -0.4 is 0 Å². The number of likely N-dealkylation sites (tertiary alicyclic amines) is 1. The lowest BCUT2D eigenvalue weighted by Gasteiger charge is -2.30. The second-order valence-corrected chi connectivity index (χ2v) is 7.72. The maximum absolute atomic E-state index is 13.7. The van der Waals surface area contributed by atoms with Gasteiger partial charge in [0.15, 0.2) is 0 Å². The molecule has 0 atom stereocenters. The summed E-state index contributed by atoms with van der Waals surface area (Å²) in [6, 6.07) is 2.88. The standard InChI is InChI=1S/C20H24F4N4O2/c1-26(2)9-10-28-12-17(14-3-4-16(21)15(11-14)20(22,23)24)25-18(28)13-5-7-27(8-6-13)19(29)30/h3-4,11-13H,5-10H2,1-2H3,(H,29,30). The van der Waals surface area contributed by atoms with Crippen molar-refractivity contribution in [3.05, 3.63) is 41.6 Å². The smallest absolute Gasteiger partial charge is 0.419 e. The molecule has 2 heterocycles. The summed E-state index contributed by atoms with van der Waals surface area (Å²) in [6.45, 7) is 2.05. The topological polar surface area (TPSA) is 61.6 Å². The summed E-state index contributed by atoms with van der Waals surface area (Å²) in [4.78, 5) is 19.1. The number of carboxylic acid groups (broad SMARTS) is 1. The highest BCUT2D eigenvalue weighted by molar-refractivity contribution is 5.65. The minimum absolute atomic E-state index is 0.000882. The van der Waals surface area contributed by atoms with Crippen LogP contribution in [0.15, 0.2) is 24.4 Å². The van der Waals surface area contributed by atoms with Crippen LogP contribution in [0.1, 0.15) is 30.1 Å². The molecule has 1 aromatic carbocycles. The molecule has 164 valence electrons. The van der Waals surface area contributed by atoms with Gasteiger partial charge in [-0.05, 0) is 45.1 Å². The molecule has 6 nitrogen and oxygen atoms in total. The average molecular weight is 428 g/mol. The van der Waals surface area contributed by atoms with Crippen molar-refractivity contribution >= 4 is 6.09 Å². The van der Waals surface area contributed by atoms with E-state index in [1.807, 2.05) is 23.6 Å². The van der Waals surface area contributed by atoms with E-state index >= 15 is 0 Å². The Labute approximate surface area is 171 Å². The second-order valence-electron chi connectivity index (χ2n) is 7.72. The van der Waals surface area contributed by atoms with Gasteiger partial charge < -0.3 is 19.5 Å². The number of piperidine rings is 1. The molecule has 1 aliphatic rings. The fraction of sp³-hybridized carbons (Fsp3) is 0.500. The van der Waals surface area contributed by atoms with E-state index in [-0.39, 0.29) is 11.5 Å². The summed E-state index contributed by atoms with van der Waals surface area (Å²) in [6.07, 6.45) is -2.89. The van der Waals surface area contributed by atoms with Crippen molar-refractivity contribution in [1.82, 2.24) is 19.4 Å². The third kappa shape index (κ3) is 4.92. The van der Waals surface area contributed by atoms with Crippen molar-refractivity contribution in [3.63, 3.8) is 0 Å². The number of likely N-dealkylation sites (N-methyl/N-ethyl adjacent to an activating group) is 1. The van der Waals surface area contributed by atoms with Crippen LogP contribution in [-0.2, 0) is 12.7 Å². The van der Waals surface area contributed by atoms with Crippen molar-refractivity contribution in [2.45, 2.75) is 31.5 Å². The van der Waals surface area contributed by atoms with Crippen molar-refractivity contribution in [3.8, 4) is 11.3 Å². The van der Waals surface area contributed by atoms with Crippen molar-refractivity contribution < 1.29 is 27.5 Å². The van der Waals surface area contributed by atoms with E-state index in [1.165, 1.54) is 11.0 Å². The molecule has 1 aromatic heterocycles.